The zero-order valence-electron chi connectivity index (χ0n) is 26.1. The number of hydrogen-bond acceptors (Lipinski definition) is 1. The van der Waals surface area contributed by atoms with Crippen molar-refractivity contribution >= 4 is 54.4 Å². The minimum Gasteiger partial charge on any atom is -0.309 e. The average molecular weight is 612 g/mol. The summed E-state index contributed by atoms with van der Waals surface area (Å²) < 4.78 is 4.83. The minimum atomic E-state index is 0.964. The van der Waals surface area contributed by atoms with E-state index >= 15 is 0 Å². The van der Waals surface area contributed by atoms with E-state index < -0.39 is 0 Å². The molecule has 3 heterocycles. The third-order valence-electron chi connectivity index (χ3n) is 9.70. The smallest absolute Gasteiger partial charge is 0.0709 e. The Labute approximate surface area is 277 Å². The van der Waals surface area contributed by atoms with Gasteiger partial charge < -0.3 is 9.13 Å². The summed E-state index contributed by atoms with van der Waals surface area (Å²) in [5.41, 5.74) is 11.2. The van der Waals surface area contributed by atoms with Crippen LogP contribution < -0.4 is 0 Å². The molecule has 0 fully saturated rings. The van der Waals surface area contributed by atoms with Crippen molar-refractivity contribution in [2.24, 2.45) is 0 Å². The molecule has 3 nitrogen and oxygen atoms in total. The van der Waals surface area contributed by atoms with E-state index in [1.165, 1.54) is 54.4 Å². The van der Waals surface area contributed by atoms with Gasteiger partial charge >= 0.3 is 0 Å². The highest BCUT2D eigenvalue weighted by Gasteiger charge is 2.19. The highest BCUT2D eigenvalue weighted by atomic mass is 15.0. The van der Waals surface area contributed by atoms with Crippen LogP contribution in [0.25, 0.3) is 88.3 Å². The van der Waals surface area contributed by atoms with Crippen LogP contribution >= 0.6 is 0 Å². The van der Waals surface area contributed by atoms with Gasteiger partial charge in [0.2, 0.25) is 0 Å². The summed E-state index contributed by atoms with van der Waals surface area (Å²) in [6, 6.07) is 63.0. The summed E-state index contributed by atoms with van der Waals surface area (Å²) in [5.74, 6) is 0. The first-order chi connectivity index (χ1) is 23.8. The van der Waals surface area contributed by atoms with Gasteiger partial charge in [-0.05, 0) is 71.4 Å². The van der Waals surface area contributed by atoms with Crippen molar-refractivity contribution in [1.29, 1.82) is 0 Å². The molecule has 48 heavy (non-hydrogen) atoms. The Balaban J connectivity index is 1.21. The quantitative estimate of drug-likeness (QED) is 0.194. The zero-order chi connectivity index (χ0) is 31.6. The predicted molar refractivity (Wildman–Crippen MR) is 201 cm³/mol. The number of benzene rings is 7. The Morgan fingerprint density at radius 1 is 0.333 bits per heavy atom. The van der Waals surface area contributed by atoms with E-state index in [-0.39, 0.29) is 0 Å². The molecule has 224 valence electrons. The lowest BCUT2D eigenvalue weighted by Gasteiger charge is -2.11. The van der Waals surface area contributed by atoms with Crippen LogP contribution in [0.3, 0.4) is 0 Å². The van der Waals surface area contributed by atoms with E-state index in [1.54, 1.807) is 0 Å². The van der Waals surface area contributed by atoms with E-state index in [0.29, 0.717) is 0 Å². The van der Waals surface area contributed by atoms with Gasteiger partial charge in [0.25, 0.3) is 0 Å². The first kappa shape index (κ1) is 26.7. The second-order valence-corrected chi connectivity index (χ2v) is 12.4. The normalized spacial score (nSPS) is 11.8. The first-order valence-electron chi connectivity index (χ1n) is 16.4. The highest BCUT2D eigenvalue weighted by molar-refractivity contribution is 6.25. The molecular formula is C45H29N3. The van der Waals surface area contributed by atoms with Gasteiger partial charge in [-0.3, -0.25) is 0 Å². The van der Waals surface area contributed by atoms with Crippen LogP contribution in [-0.2, 0) is 0 Å². The van der Waals surface area contributed by atoms with Gasteiger partial charge in [-0.2, -0.15) is 0 Å². The predicted octanol–water partition coefficient (Wildman–Crippen LogP) is 11.8. The molecule has 7 aromatic carbocycles. The first-order valence-corrected chi connectivity index (χ1v) is 16.4. The topological polar surface area (TPSA) is 22.8 Å². The van der Waals surface area contributed by atoms with Crippen molar-refractivity contribution in [3.8, 4) is 33.9 Å². The van der Waals surface area contributed by atoms with Gasteiger partial charge in [0.1, 0.15) is 0 Å². The Hall–Kier alpha value is -6.45. The van der Waals surface area contributed by atoms with E-state index in [0.717, 1.165) is 33.9 Å². The van der Waals surface area contributed by atoms with Gasteiger partial charge in [-0.25, -0.2) is 4.98 Å². The Bertz CT molecular complexity index is 2810. The van der Waals surface area contributed by atoms with Gasteiger partial charge in [0.05, 0.1) is 33.5 Å². The summed E-state index contributed by atoms with van der Waals surface area (Å²) >= 11 is 0. The molecule has 0 saturated heterocycles. The number of nitrogens with zero attached hydrogens (tertiary/aromatic N) is 3. The second kappa shape index (κ2) is 10.5. The Morgan fingerprint density at radius 3 is 1.73 bits per heavy atom. The maximum absolute atomic E-state index is 5.01. The number of para-hydroxylation sites is 2. The second-order valence-electron chi connectivity index (χ2n) is 12.4. The van der Waals surface area contributed by atoms with Crippen molar-refractivity contribution in [2.45, 2.75) is 0 Å². The molecule has 0 amide bonds. The van der Waals surface area contributed by atoms with Crippen LogP contribution in [0.15, 0.2) is 176 Å². The minimum absolute atomic E-state index is 0.964. The molecule has 0 unspecified atom stereocenters. The lowest BCUT2D eigenvalue weighted by molar-refractivity contribution is 1.16. The van der Waals surface area contributed by atoms with Crippen LogP contribution in [0.1, 0.15) is 0 Å². The summed E-state index contributed by atoms with van der Waals surface area (Å²) in [6.45, 7) is 0. The molecule has 0 saturated carbocycles. The zero-order valence-corrected chi connectivity index (χ0v) is 26.1. The van der Waals surface area contributed by atoms with Crippen molar-refractivity contribution in [3.63, 3.8) is 0 Å². The molecule has 3 heteroatoms. The molecule has 0 atom stereocenters. The van der Waals surface area contributed by atoms with Gasteiger partial charge in [0, 0.05) is 44.0 Å². The maximum Gasteiger partial charge on any atom is 0.0709 e. The van der Waals surface area contributed by atoms with E-state index in [9.17, 15) is 0 Å². The summed E-state index contributed by atoms with van der Waals surface area (Å²) in [6.07, 6.45) is 0. The van der Waals surface area contributed by atoms with E-state index in [1.807, 2.05) is 6.07 Å². The van der Waals surface area contributed by atoms with Crippen LogP contribution in [-0.4, -0.2) is 14.1 Å². The van der Waals surface area contributed by atoms with Crippen LogP contribution in [0, 0.1) is 0 Å². The summed E-state index contributed by atoms with van der Waals surface area (Å²) in [5, 5.41) is 7.58. The standard InChI is InChI=1S/C45H29N3/c1-3-13-31(14-4-1)39-19-11-20-40(46-39)32-22-25-34(26-23-32)47-41-21-10-9-18-36(41)37-28-38-44(29-43(37)47)48(33-15-5-2-6-16-33)42-27-24-30-12-7-8-17-35(30)45(38)42/h1-29H. The molecule has 0 aliphatic heterocycles. The van der Waals surface area contributed by atoms with Crippen LogP contribution in [0.4, 0.5) is 0 Å². The number of hydrogen-bond donors (Lipinski definition) is 0. The highest BCUT2D eigenvalue weighted by Crippen LogP contribution is 2.42. The molecule has 0 aliphatic rings. The molecule has 0 spiro atoms. The molecule has 0 aliphatic carbocycles. The molecule has 0 bridgehead atoms. The van der Waals surface area contributed by atoms with Crippen LogP contribution in [0.5, 0.6) is 0 Å². The van der Waals surface area contributed by atoms with Crippen molar-refractivity contribution in [1.82, 2.24) is 14.1 Å². The van der Waals surface area contributed by atoms with Crippen molar-refractivity contribution < 1.29 is 0 Å². The van der Waals surface area contributed by atoms with Gasteiger partial charge in [-0.1, -0.05) is 115 Å². The largest absolute Gasteiger partial charge is 0.309 e. The Kier molecular flexibility index (Phi) is 5.87. The summed E-state index contributed by atoms with van der Waals surface area (Å²) in [4.78, 5) is 5.01. The van der Waals surface area contributed by atoms with Gasteiger partial charge in [0.15, 0.2) is 0 Å². The fourth-order valence-corrected chi connectivity index (χ4v) is 7.53. The number of aromatic nitrogens is 3. The third kappa shape index (κ3) is 4.04. The fraction of sp³-hybridized carbons (Fsp3) is 0. The fourth-order valence-electron chi connectivity index (χ4n) is 7.53. The average Bonchev–Trinajstić information content (AvgIpc) is 3.67. The number of pyridine rings is 1. The molecule has 10 aromatic rings. The van der Waals surface area contributed by atoms with Crippen LogP contribution in [0.2, 0.25) is 0 Å². The SMILES string of the molecule is c1ccc(-c2cccc(-c3ccc(-n4c5ccccc5c5cc6c7c8ccccc8ccc7n(-c7ccccc7)c6cc54)cc3)n2)cc1. The molecule has 0 radical (unpaired) electrons. The molecule has 10 rings (SSSR count). The van der Waals surface area contributed by atoms with E-state index in [4.69, 9.17) is 4.98 Å². The lowest BCUT2D eigenvalue weighted by atomic mass is 10.0. The summed E-state index contributed by atoms with van der Waals surface area (Å²) in [7, 11) is 0. The number of fused-ring (bicyclic) bond motifs is 8. The Morgan fingerprint density at radius 2 is 0.938 bits per heavy atom. The monoisotopic (exact) mass is 611 g/mol. The molecular weight excluding hydrogens is 583 g/mol. The van der Waals surface area contributed by atoms with E-state index in [2.05, 4.69) is 179 Å². The maximum atomic E-state index is 5.01. The lowest BCUT2D eigenvalue weighted by Crippen LogP contribution is -1.96. The third-order valence-corrected chi connectivity index (χ3v) is 9.70. The number of rotatable bonds is 4. The van der Waals surface area contributed by atoms with Crippen molar-refractivity contribution in [2.75, 3.05) is 0 Å². The molecule has 0 N–H and O–H groups in total. The van der Waals surface area contributed by atoms with Crippen molar-refractivity contribution in [3.05, 3.63) is 176 Å². The van der Waals surface area contributed by atoms with Gasteiger partial charge in [-0.15, -0.1) is 0 Å². The molecule has 3 aromatic heterocycles.